The van der Waals surface area contributed by atoms with Crippen molar-refractivity contribution in [2.45, 2.75) is 53.1 Å². The molecule has 2 aromatic rings. The first-order valence-corrected chi connectivity index (χ1v) is 15.9. The molecule has 0 radical (unpaired) electrons. The minimum atomic E-state index is -0.192. The van der Waals surface area contributed by atoms with Crippen molar-refractivity contribution < 1.29 is 4.79 Å². The number of carbonyl (C=O) groups excluding carboxylic acids is 1. The van der Waals surface area contributed by atoms with Crippen LogP contribution in [0.3, 0.4) is 0 Å². The van der Waals surface area contributed by atoms with Crippen molar-refractivity contribution in [1.29, 1.82) is 0 Å². The molecule has 1 N–H and O–H groups in total. The van der Waals surface area contributed by atoms with Gasteiger partial charge in [-0.1, -0.05) is 87.7 Å². The zero-order valence-corrected chi connectivity index (χ0v) is 27.7. The van der Waals surface area contributed by atoms with E-state index in [2.05, 4.69) is 77.0 Å². The van der Waals surface area contributed by atoms with Gasteiger partial charge in [-0.2, -0.15) is 5.10 Å². The molecule has 7 heteroatoms. The minimum Gasteiger partial charge on any atom is -0.326 e. The maximum Gasteiger partial charge on any atom is 0.227 e. The molecular formula is C38H52N6O. The highest BCUT2D eigenvalue weighted by molar-refractivity contribution is 5.80. The summed E-state index contributed by atoms with van der Waals surface area (Å²) in [5.74, 6) is 1.23. The summed E-state index contributed by atoms with van der Waals surface area (Å²) < 4.78 is 1.91. The molecule has 1 saturated heterocycles. The van der Waals surface area contributed by atoms with Gasteiger partial charge in [0.05, 0.1) is 11.6 Å². The second-order valence-corrected chi connectivity index (χ2v) is 10.8. The van der Waals surface area contributed by atoms with Gasteiger partial charge in [-0.3, -0.25) is 9.79 Å². The lowest BCUT2D eigenvalue weighted by Crippen LogP contribution is -2.41. The number of allylic oxidation sites excluding steroid dienone is 4. The van der Waals surface area contributed by atoms with Crippen LogP contribution in [-0.2, 0) is 4.79 Å². The average Bonchev–Trinajstić information content (AvgIpc) is 3.45. The number of hydrogen-bond acceptors (Lipinski definition) is 5. The number of hydrogen-bond donors (Lipinski definition) is 1. The number of nitrogens with one attached hydrogen (secondary N) is 1. The maximum absolute atomic E-state index is 12.4. The van der Waals surface area contributed by atoms with E-state index in [0.717, 1.165) is 56.0 Å². The Balaban J connectivity index is 0.00000133. The zero-order valence-electron chi connectivity index (χ0n) is 27.7. The van der Waals surface area contributed by atoms with Gasteiger partial charge in [-0.15, -0.1) is 13.2 Å². The third kappa shape index (κ3) is 12.3. The van der Waals surface area contributed by atoms with Gasteiger partial charge in [0.15, 0.2) is 12.0 Å². The summed E-state index contributed by atoms with van der Waals surface area (Å²) in [5.41, 5.74) is 2.63. The Morgan fingerprint density at radius 1 is 1.16 bits per heavy atom. The zero-order chi connectivity index (χ0) is 33.0. The fourth-order valence-corrected chi connectivity index (χ4v) is 5.01. The summed E-state index contributed by atoms with van der Waals surface area (Å²) >= 11 is 0. The summed E-state index contributed by atoms with van der Waals surface area (Å²) in [6, 6.07) is 12.2. The van der Waals surface area contributed by atoms with Crippen LogP contribution in [0, 0.1) is 24.7 Å². The Bertz CT molecular complexity index is 1340. The van der Waals surface area contributed by atoms with Crippen molar-refractivity contribution in [2.24, 2.45) is 27.7 Å². The molecular weight excluding hydrogens is 556 g/mol. The molecule has 0 saturated carbocycles. The Labute approximate surface area is 271 Å². The quantitative estimate of drug-likeness (QED) is 0.150. The van der Waals surface area contributed by atoms with Crippen molar-refractivity contribution in [2.75, 3.05) is 19.6 Å². The van der Waals surface area contributed by atoms with Crippen LogP contribution in [0.5, 0.6) is 0 Å². The largest absolute Gasteiger partial charge is 0.326 e. The van der Waals surface area contributed by atoms with Crippen LogP contribution in [0.25, 0.3) is 6.08 Å². The normalized spacial score (nSPS) is 18.8. The Kier molecular flexibility index (Phi) is 16.8. The number of likely N-dealkylation sites (tertiary alicyclic amines) is 1. The number of nitrogens with zero attached hydrogens (tertiary/aromatic N) is 5. The van der Waals surface area contributed by atoms with Crippen molar-refractivity contribution in [3.8, 4) is 0 Å². The highest BCUT2D eigenvalue weighted by Gasteiger charge is 2.27. The first-order chi connectivity index (χ1) is 21.9. The molecule has 45 heavy (non-hydrogen) atoms. The molecule has 0 bridgehead atoms. The highest BCUT2D eigenvalue weighted by atomic mass is 16.1. The minimum absolute atomic E-state index is 0.00238. The summed E-state index contributed by atoms with van der Waals surface area (Å²) in [4.78, 5) is 24.3. The molecule has 2 aliphatic rings. The second-order valence-electron chi connectivity index (χ2n) is 10.8. The van der Waals surface area contributed by atoms with Crippen molar-refractivity contribution in [3.05, 3.63) is 116 Å². The van der Waals surface area contributed by atoms with E-state index >= 15 is 0 Å². The number of rotatable bonds is 12. The lowest BCUT2D eigenvalue weighted by molar-refractivity contribution is -0.125. The highest BCUT2D eigenvalue weighted by Crippen LogP contribution is 2.31. The van der Waals surface area contributed by atoms with E-state index in [4.69, 9.17) is 4.99 Å². The van der Waals surface area contributed by atoms with E-state index < -0.39 is 0 Å². The third-order valence-corrected chi connectivity index (χ3v) is 7.34. The molecule has 1 aromatic heterocycles. The molecule has 0 aliphatic carbocycles. The fraction of sp³-hybridized carbons (Fsp3) is 0.368. The summed E-state index contributed by atoms with van der Waals surface area (Å²) in [5, 5.41) is 7.49. The molecule has 1 amide bonds. The van der Waals surface area contributed by atoms with Crippen molar-refractivity contribution >= 4 is 30.2 Å². The lowest BCUT2D eigenvalue weighted by atomic mass is 9.94. The van der Waals surface area contributed by atoms with Gasteiger partial charge in [0.25, 0.3) is 0 Å². The van der Waals surface area contributed by atoms with Gasteiger partial charge < -0.3 is 10.2 Å². The van der Waals surface area contributed by atoms with E-state index in [0.29, 0.717) is 11.6 Å². The Hall–Kier alpha value is -4.36. The molecule has 2 aliphatic heterocycles. The van der Waals surface area contributed by atoms with Gasteiger partial charge in [0, 0.05) is 36.7 Å². The smallest absolute Gasteiger partial charge is 0.227 e. The Morgan fingerprint density at radius 2 is 1.84 bits per heavy atom. The Morgan fingerprint density at radius 3 is 2.49 bits per heavy atom. The van der Waals surface area contributed by atoms with E-state index in [1.165, 1.54) is 0 Å². The number of aromatic nitrogens is 2. The van der Waals surface area contributed by atoms with E-state index in [9.17, 15) is 4.79 Å². The van der Waals surface area contributed by atoms with Gasteiger partial charge in [-0.05, 0) is 69.8 Å². The van der Waals surface area contributed by atoms with Crippen LogP contribution in [0.2, 0.25) is 0 Å². The number of aliphatic imine (C=N–C) groups is 2. The predicted octanol–water partition coefficient (Wildman–Crippen LogP) is 8.30. The van der Waals surface area contributed by atoms with Gasteiger partial charge in [0.1, 0.15) is 0 Å². The third-order valence-electron chi connectivity index (χ3n) is 7.34. The summed E-state index contributed by atoms with van der Waals surface area (Å²) in [7, 11) is 0. The molecule has 240 valence electrons. The maximum atomic E-state index is 12.4. The van der Waals surface area contributed by atoms with Crippen LogP contribution < -0.4 is 5.32 Å². The summed E-state index contributed by atoms with van der Waals surface area (Å²) in [6.07, 6.45) is 20.0. The van der Waals surface area contributed by atoms with E-state index in [1.807, 2.05) is 81.2 Å². The SMILES string of the molecule is C=CC.C=CC(=C)NC(=O)C1CCN(CC(C=C)C/C=C/C=N/C2C(/C=C/c3ccccc3)C=Nc3cc(C)nn32)CC1.CC. The van der Waals surface area contributed by atoms with Gasteiger partial charge >= 0.3 is 0 Å². The first kappa shape index (κ1) is 36.8. The molecule has 3 unspecified atom stereocenters. The molecule has 4 rings (SSSR count). The average molecular weight is 609 g/mol. The number of aryl methyl sites for hydroxylation is 1. The van der Waals surface area contributed by atoms with Crippen molar-refractivity contribution in [1.82, 2.24) is 20.0 Å². The van der Waals surface area contributed by atoms with Crippen LogP contribution in [0.15, 0.2) is 115 Å². The topological polar surface area (TPSA) is 74.9 Å². The van der Waals surface area contributed by atoms with Crippen molar-refractivity contribution in [3.63, 3.8) is 0 Å². The number of amides is 1. The van der Waals surface area contributed by atoms with Gasteiger partial charge in [-0.25, -0.2) is 9.67 Å². The predicted molar refractivity (Wildman–Crippen MR) is 193 cm³/mol. The van der Waals surface area contributed by atoms with Crippen LogP contribution >= 0.6 is 0 Å². The molecule has 3 heterocycles. The number of fused-ring (bicyclic) bond motifs is 1. The van der Waals surface area contributed by atoms with Crippen LogP contribution in [0.4, 0.5) is 5.82 Å². The van der Waals surface area contributed by atoms with E-state index in [1.54, 1.807) is 12.2 Å². The number of piperidine rings is 1. The van der Waals surface area contributed by atoms with Crippen LogP contribution in [0.1, 0.15) is 57.5 Å². The van der Waals surface area contributed by atoms with Gasteiger partial charge in [0.2, 0.25) is 5.91 Å². The lowest BCUT2D eigenvalue weighted by Gasteiger charge is -2.33. The second kappa shape index (κ2) is 20.6. The number of carbonyl (C=O) groups is 1. The molecule has 1 fully saturated rings. The molecule has 1 aromatic carbocycles. The molecule has 3 atom stereocenters. The van der Waals surface area contributed by atoms with Crippen LogP contribution in [-0.4, -0.2) is 52.7 Å². The van der Waals surface area contributed by atoms with E-state index in [-0.39, 0.29) is 23.9 Å². The summed E-state index contributed by atoms with van der Waals surface area (Å²) in [6.45, 7) is 25.4. The monoisotopic (exact) mass is 608 g/mol. The first-order valence-electron chi connectivity index (χ1n) is 15.9. The fourth-order valence-electron chi connectivity index (χ4n) is 5.01. The number of benzene rings is 1. The molecule has 0 spiro atoms. The standard InChI is InChI=1S/C33H40N6O.C3H6.C2H6/c1-5-25(3)36-33(40)29-17-20-38(21-18-29)24-27(6-2)12-10-11-19-34-32-30(16-15-28-13-8-7-9-14-28)23-35-31-22-26(4)37-39(31)32;1-3-2;1-2/h5-11,13-16,19,22-23,27,29-30,32H,1-3,12,17-18,20-21,24H2,4H3,(H,36,40);3H,1H2,2H3;1-2H3/b11-10+,16-15+,34-19+;;. The molecule has 7 nitrogen and oxygen atoms in total.